The van der Waals surface area contributed by atoms with Crippen molar-refractivity contribution in [3.8, 4) is 0 Å². The Morgan fingerprint density at radius 1 is 1.22 bits per heavy atom. The van der Waals surface area contributed by atoms with E-state index in [1.807, 2.05) is 7.05 Å². The molecule has 0 saturated heterocycles. The fraction of sp³-hybridized carbons (Fsp3) is 0.400. The van der Waals surface area contributed by atoms with E-state index in [1.54, 1.807) is 0 Å². The van der Waals surface area contributed by atoms with E-state index in [4.69, 9.17) is 5.73 Å². The summed E-state index contributed by atoms with van der Waals surface area (Å²) in [7, 11) is 2.04. The summed E-state index contributed by atoms with van der Waals surface area (Å²) < 4.78 is 2.12. The van der Waals surface area contributed by atoms with Gasteiger partial charge in [0.25, 0.3) is 0 Å². The summed E-state index contributed by atoms with van der Waals surface area (Å²) in [5, 5.41) is 0. The molecule has 0 saturated carbocycles. The van der Waals surface area contributed by atoms with Crippen LogP contribution in [-0.4, -0.2) is 9.55 Å². The van der Waals surface area contributed by atoms with Crippen LogP contribution < -0.4 is 5.73 Å². The molecule has 1 aromatic carbocycles. The van der Waals surface area contributed by atoms with Crippen LogP contribution in [0.1, 0.15) is 33.9 Å². The van der Waals surface area contributed by atoms with Gasteiger partial charge in [0, 0.05) is 19.2 Å². The van der Waals surface area contributed by atoms with E-state index in [2.05, 4.69) is 48.5 Å². The highest BCUT2D eigenvalue weighted by atomic mass is 15.1. The maximum absolute atomic E-state index is 5.70. The van der Waals surface area contributed by atoms with Gasteiger partial charge >= 0.3 is 0 Å². The van der Waals surface area contributed by atoms with Crippen LogP contribution >= 0.6 is 0 Å². The zero-order valence-corrected chi connectivity index (χ0v) is 11.6. The maximum Gasteiger partial charge on any atom is 0.122 e. The minimum Gasteiger partial charge on any atom is -0.333 e. The second-order valence-electron chi connectivity index (χ2n) is 4.86. The van der Waals surface area contributed by atoms with Gasteiger partial charge in [-0.15, -0.1) is 0 Å². The Morgan fingerprint density at radius 3 is 2.56 bits per heavy atom. The molecule has 0 amide bonds. The number of aryl methyl sites for hydroxylation is 2. The molecule has 3 heteroatoms. The highest BCUT2D eigenvalue weighted by Crippen LogP contribution is 2.19. The fourth-order valence-corrected chi connectivity index (χ4v) is 2.34. The van der Waals surface area contributed by atoms with E-state index < -0.39 is 0 Å². The second kappa shape index (κ2) is 4.94. The van der Waals surface area contributed by atoms with Gasteiger partial charge in [-0.1, -0.05) is 18.2 Å². The maximum atomic E-state index is 5.70. The zero-order chi connectivity index (χ0) is 13.3. The molecule has 0 aliphatic carbocycles. The van der Waals surface area contributed by atoms with Crippen LogP contribution in [0.4, 0.5) is 0 Å². The number of nitrogens with zero attached hydrogens (tertiary/aromatic N) is 2. The van der Waals surface area contributed by atoms with Crippen LogP contribution in [0.25, 0.3) is 0 Å². The van der Waals surface area contributed by atoms with Gasteiger partial charge < -0.3 is 10.3 Å². The minimum absolute atomic E-state index is 0.490. The van der Waals surface area contributed by atoms with E-state index in [1.165, 1.54) is 22.4 Å². The average Bonchev–Trinajstić information content (AvgIpc) is 2.62. The lowest BCUT2D eigenvalue weighted by Crippen LogP contribution is -2.07. The summed E-state index contributed by atoms with van der Waals surface area (Å²) in [6, 6.07) is 6.46. The molecule has 0 spiro atoms. The van der Waals surface area contributed by atoms with Gasteiger partial charge in [-0.25, -0.2) is 4.98 Å². The van der Waals surface area contributed by atoms with Crippen molar-refractivity contribution < 1.29 is 0 Å². The Hall–Kier alpha value is -1.61. The van der Waals surface area contributed by atoms with Crippen molar-refractivity contribution in [2.45, 2.75) is 33.7 Å². The molecule has 2 rings (SSSR count). The van der Waals surface area contributed by atoms with Gasteiger partial charge in [0.1, 0.15) is 5.82 Å². The highest BCUT2D eigenvalue weighted by Gasteiger charge is 2.12. The van der Waals surface area contributed by atoms with Gasteiger partial charge in [-0.05, 0) is 37.5 Å². The Balaban J connectivity index is 2.40. The first-order valence-corrected chi connectivity index (χ1v) is 6.30. The van der Waals surface area contributed by atoms with Crippen molar-refractivity contribution in [1.82, 2.24) is 9.55 Å². The second-order valence-corrected chi connectivity index (χ2v) is 4.86. The first kappa shape index (κ1) is 12.8. The van der Waals surface area contributed by atoms with Crippen molar-refractivity contribution in [2.24, 2.45) is 12.8 Å². The molecule has 0 atom stereocenters. The van der Waals surface area contributed by atoms with Crippen LogP contribution in [0.3, 0.4) is 0 Å². The monoisotopic (exact) mass is 243 g/mol. The van der Waals surface area contributed by atoms with Crippen LogP contribution in [0.15, 0.2) is 18.2 Å². The molecular formula is C15H21N3. The number of nitrogens with two attached hydrogens (primary N) is 1. The number of aromatic nitrogens is 2. The normalized spacial score (nSPS) is 10.9. The molecular weight excluding hydrogens is 222 g/mol. The molecule has 0 unspecified atom stereocenters. The fourth-order valence-electron chi connectivity index (χ4n) is 2.34. The molecule has 1 heterocycles. The van der Waals surface area contributed by atoms with Crippen LogP contribution in [0.5, 0.6) is 0 Å². The smallest absolute Gasteiger partial charge is 0.122 e. The molecule has 0 radical (unpaired) electrons. The predicted octanol–water partition coefficient (Wildman–Crippen LogP) is 2.39. The molecule has 96 valence electrons. The lowest BCUT2D eigenvalue weighted by molar-refractivity contribution is 0.759. The third-order valence-corrected chi connectivity index (χ3v) is 3.76. The third-order valence-electron chi connectivity index (χ3n) is 3.76. The van der Waals surface area contributed by atoms with E-state index >= 15 is 0 Å². The van der Waals surface area contributed by atoms with Gasteiger partial charge in [-0.3, -0.25) is 0 Å². The SMILES string of the molecule is Cc1cccc(Cc2c(C)nc(CN)n2C)c1C. The minimum atomic E-state index is 0.490. The van der Waals surface area contributed by atoms with Gasteiger partial charge in [0.2, 0.25) is 0 Å². The van der Waals surface area contributed by atoms with E-state index in [0.717, 1.165) is 17.9 Å². The lowest BCUT2D eigenvalue weighted by atomic mass is 9.99. The molecule has 3 nitrogen and oxygen atoms in total. The van der Waals surface area contributed by atoms with Gasteiger partial charge in [-0.2, -0.15) is 0 Å². The summed E-state index contributed by atoms with van der Waals surface area (Å²) in [6.07, 6.45) is 0.919. The standard InChI is InChI=1S/C15H21N3/c1-10-6-5-7-13(11(10)2)8-14-12(3)17-15(9-16)18(14)4/h5-7H,8-9,16H2,1-4H3. The van der Waals surface area contributed by atoms with Crippen molar-refractivity contribution >= 4 is 0 Å². The zero-order valence-electron chi connectivity index (χ0n) is 11.6. The summed E-state index contributed by atoms with van der Waals surface area (Å²) in [6.45, 7) is 6.88. The Kier molecular flexibility index (Phi) is 3.53. The average molecular weight is 243 g/mol. The summed E-state index contributed by atoms with van der Waals surface area (Å²) >= 11 is 0. The quantitative estimate of drug-likeness (QED) is 0.899. The number of rotatable bonds is 3. The number of hydrogen-bond donors (Lipinski definition) is 1. The van der Waals surface area contributed by atoms with Crippen molar-refractivity contribution in [2.75, 3.05) is 0 Å². The van der Waals surface area contributed by atoms with Crippen LogP contribution in [0, 0.1) is 20.8 Å². The molecule has 0 bridgehead atoms. The Morgan fingerprint density at radius 2 is 1.94 bits per heavy atom. The summed E-state index contributed by atoms with van der Waals surface area (Å²) in [5.74, 6) is 0.952. The topological polar surface area (TPSA) is 43.8 Å². The predicted molar refractivity (Wildman–Crippen MR) is 74.6 cm³/mol. The Labute approximate surface area is 109 Å². The molecule has 1 aromatic heterocycles. The van der Waals surface area contributed by atoms with Gasteiger partial charge in [0.05, 0.1) is 12.2 Å². The molecule has 2 N–H and O–H groups in total. The van der Waals surface area contributed by atoms with E-state index in [9.17, 15) is 0 Å². The van der Waals surface area contributed by atoms with E-state index in [0.29, 0.717) is 6.54 Å². The van der Waals surface area contributed by atoms with Crippen molar-refractivity contribution in [3.63, 3.8) is 0 Å². The molecule has 0 aliphatic heterocycles. The van der Waals surface area contributed by atoms with Crippen molar-refractivity contribution in [3.05, 3.63) is 52.1 Å². The van der Waals surface area contributed by atoms with Crippen LogP contribution in [0.2, 0.25) is 0 Å². The molecule has 0 fully saturated rings. The number of benzene rings is 1. The molecule has 0 aliphatic rings. The van der Waals surface area contributed by atoms with E-state index in [-0.39, 0.29) is 0 Å². The third kappa shape index (κ3) is 2.18. The van der Waals surface area contributed by atoms with Crippen LogP contribution in [-0.2, 0) is 20.0 Å². The summed E-state index contributed by atoms with van der Waals surface area (Å²) in [5.41, 5.74) is 12.1. The summed E-state index contributed by atoms with van der Waals surface area (Å²) in [4.78, 5) is 4.51. The van der Waals surface area contributed by atoms with Crippen molar-refractivity contribution in [1.29, 1.82) is 0 Å². The molecule has 2 aromatic rings. The first-order chi connectivity index (χ1) is 8.54. The highest BCUT2D eigenvalue weighted by molar-refractivity contribution is 5.36. The lowest BCUT2D eigenvalue weighted by Gasteiger charge is -2.10. The van der Waals surface area contributed by atoms with Gasteiger partial charge in [0.15, 0.2) is 0 Å². The largest absolute Gasteiger partial charge is 0.333 e. The number of hydrogen-bond acceptors (Lipinski definition) is 2. The molecule has 18 heavy (non-hydrogen) atoms. The Bertz CT molecular complexity index is 567. The number of imidazole rings is 1. The first-order valence-electron chi connectivity index (χ1n) is 6.30.